The minimum atomic E-state index is -1.11. The maximum Gasteiger partial charge on any atom is 0.338 e. The Morgan fingerprint density at radius 1 is 1.37 bits per heavy atom. The highest BCUT2D eigenvalue weighted by Crippen LogP contribution is 2.07. The van der Waals surface area contributed by atoms with Gasteiger partial charge in [-0.3, -0.25) is 4.79 Å². The van der Waals surface area contributed by atoms with Gasteiger partial charge in [0, 0.05) is 12.6 Å². The van der Waals surface area contributed by atoms with Crippen LogP contribution in [0.5, 0.6) is 0 Å². The molecule has 0 unspecified atom stereocenters. The Morgan fingerprint density at radius 3 is 2.58 bits per heavy atom. The Balaban J connectivity index is 2.33. The van der Waals surface area contributed by atoms with Crippen LogP contribution in [0, 0.1) is 0 Å². The molecule has 0 aromatic carbocycles. The number of furan rings is 1. The fraction of sp³-hybridized carbons (Fsp3) is 0.538. The van der Waals surface area contributed by atoms with Crippen molar-refractivity contribution in [2.75, 3.05) is 26.2 Å². The van der Waals surface area contributed by atoms with E-state index >= 15 is 0 Å². The van der Waals surface area contributed by atoms with Crippen LogP contribution < -0.4 is 5.32 Å². The first-order valence-electron chi connectivity index (χ1n) is 6.40. The number of carbonyl (C=O) groups is 2. The largest absolute Gasteiger partial charge is 0.478 e. The molecule has 0 saturated heterocycles. The molecule has 19 heavy (non-hydrogen) atoms. The number of nitrogens with one attached hydrogen (secondary N) is 1. The summed E-state index contributed by atoms with van der Waals surface area (Å²) in [5, 5.41) is 11.4. The van der Waals surface area contributed by atoms with Gasteiger partial charge in [-0.15, -0.1) is 0 Å². The number of aromatic carboxylic acids is 1. The van der Waals surface area contributed by atoms with Gasteiger partial charge in [0.2, 0.25) is 0 Å². The molecule has 0 aliphatic rings. The van der Waals surface area contributed by atoms with Gasteiger partial charge in [0.1, 0.15) is 6.26 Å². The molecule has 0 aliphatic heterocycles. The van der Waals surface area contributed by atoms with Crippen molar-refractivity contribution in [2.45, 2.75) is 20.3 Å². The normalized spacial score (nSPS) is 10.7. The molecule has 6 nitrogen and oxygen atoms in total. The number of rotatable bonds is 8. The molecule has 0 saturated carbocycles. The van der Waals surface area contributed by atoms with Crippen molar-refractivity contribution in [3.8, 4) is 0 Å². The van der Waals surface area contributed by atoms with Crippen molar-refractivity contribution >= 4 is 11.9 Å². The SMILES string of the molecule is CCN(CC)CCCNC(=O)c1cc(C(=O)O)co1. The van der Waals surface area contributed by atoms with Gasteiger partial charge in [0.05, 0.1) is 5.56 Å². The number of hydrogen-bond acceptors (Lipinski definition) is 4. The molecule has 0 aliphatic carbocycles. The molecule has 0 radical (unpaired) electrons. The van der Waals surface area contributed by atoms with E-state index in [9.17, 15) is 9.59 Å². The van der Waals surface area contributed by atoms with Crippen molar-refractivity contribution in [3.05, 3.63) is 23.7 Å². The van der Waals surface area contributed by atoms with Crippen LogP contribution in [0.2, 0.25) is 0 Å². The number of amides is 1. The summed E-state index contributed by atoms with van der Waals surface area (Å²) < 4.78 is 4.90. The van der Waals surface area contributed by atoms with E-state index in [0.717, 1.165) is 32.3 Å². The summed E-state index contributed by atoms with van der Waals surface area (Å²) in [5.74, 6) is -1.46. The Morgan fingerprint density at radius 2 is 2.05 bits per heavy atom. The van der Waals surface area contributed by atoms with Crippen molar-refractivity contribution in [1.29, 1.82) is 0 Å². The monoisotopic (exact) mass is 268 g/mol. The lowest BCUT2D eigenvalue weighted by Crippen LogP contribution is -2.29. The smallest absolute Gasteiger partial charge is 0.338 e. The summed E-state index contributed by atoms with van der Waals surface area (Å²) in [6, 6.07) is 1.22. The average molecular weight is 268 g/mol. The zero-order chi connectivity index (χ0) is 14.3. The first kappa shape index (κ1) is 15.2. The van der Waals surface area contributed by atoms with Gasteiger partial charge in [-0.25, -0.2) is 4.79 Å². The maximum atomic E-state index is 11.7. The Hall–Kier alpha value is -1.82. The highest BCUT2D eigenvalue weighted by molar-refractivity contribution is 5.95. The molecule has 6 heteroatoms. The quantitative estimate of drug-likeness (QED) is 0.697. The van der Waals surface area contributed by atoms with E-state index in [1.807, 2.05) is 0 Å². The van der Waals surface area contributed by atoms with Crippen LogP contribution in [0.3, 0.4) is 0 Å². The first-order valence-corrected chi connectivity index (χ1v) is 6.40. The molecule has 1 amide bonds. The third-order valence-corrected chi connectivity index (χ3v) is 2.90. The van der Waals surface area contributed by atoms with Crippen LogP contribution in [0.15, 0.2) is 16.7 Å². The summed E-state index contributed by atoms with van der Waals surface area (Å²) >= 11 is 0. The second-order valence-electron chi connectivity index (χ2n) is 4.14. The van der Waals surface area contributed by atoms with E-state index < -0.39 is 5.97 Å². The van der Waals surface area contributed by atoms with E-state index in [-0.39, 0.29) is 17.2 Å². The molecule has 1 aromatic heterocycles. The van der Waals surface area contributed by atoms with Crippen LogP contribution in [0.1, 0.15) is 41.2 Å². The van der Waals surface area contributed by atoms with Gasteiger partial charge in [0.15, 0.2) is 5.76 Å². The third-order valence-electron chi connectivity index (χ3n) is 2.90. The number of carboxylic acid groups (broad SMARTS) is 1. The summed E-state index contributed by atoms with van der Waals surface area (Å²) in [6.45, 7) is 7.64. The number of nitrogens with zero attached hydrogens (tertiary/aromatic N) is 1. The van der Waals surface area contributed by atoms with Crippen molar-refractivity contribution in [1.82, 2.24) is 10.2 Å². The molecule has 0 bridgehead atoms. The lowest BCUT2D eigenvalue weighted by atomic mass is 10.3. The zero-order valence-corrected chi connectivity index (χ0v) is 11.3. The molecule has 1 heterocycles. The Labute approximate surface area is 112 Å². The Bertz CT molecular complexity index is 424. The topological polar surface area (TPSA) is 82.8 Å². The fourth-order valence-electron chi connectivity index (χ4n) is 1.70. The first-order chi connectivity index (χ1) is 9.08. The van der Waals surface area contributed by atoms with Gasteiger partial charge in [-0.05, 0) is 26.1 Å². The third kappa shape index (κ3) is 4.75. The molecule has 2 N–H and O–H groups in total. The van der Waals surface area contributed by atoms with Crippen LogP contribution in [-0.4, -0.2) is 48.1 Å². The predicted octanol–water partition coefficient (Wildman–Crippen LogP) is 1.44. The summed E-state index contributed by atoms with van der Waals surface area (Å²) in [6.07, 6.45) is 1.91. The average Bonchev–Trinajstić information content (AvgIpc) is 2.88. The lowest BCUT2D eigenvalue weighted by Gasteiger charge is -2.17. The standard InChI is InChI=1S/C13H20N2O4/c1-3-15(4-2)7-5-6-14-12(16)11-8-10(9-19-11)13(17)18/h8-9H,3-7H2,1-2H3,(H,14,16)(H,17,18). The molecule has 0 spiro atoms. The van der Waals surface area contributed by atoms with E-state index in [1.54, 1.807) is 0 Å². The number of carboxylic acids is 1. The fourth-order valence-corrected chi connectivity index (χ4v) is 1.70. The van der Waals surface area contributed by atoms with Crippen LogP contribution in [-0.2, 0) is 0 Å². The zero-order valence-electron chi connectivity index (χ0n) is 11.3. The summed E-state index contributed by atoms with van der Waals surface area (Å²) in [4.78, 5) is 24.6. The van der Waals surface area contributed by atoms with Crippen molar-refractivity contribution in [3.63, 3.8) is 0 Å². The van der Waals surface area contributed by atoms with Gasteiger partial charge in [-0.2, -0.15) is 0 Å². The summed E-state index contributed by atoms with van der Waals surface area (Å²) in [5.41, 5.74) is -0.0201. The van der Waals surface area contributed by atoms with Crippen molar-refractivity contribution < 1.29 is 19.1 Å². The van der Waals surface area contributed by atoms with Gasteiger partial charge >= 0.3 is 5.97 Å². The molecular formula is C13H20N2O4. The summed E-state index contributed by atoms with van der Waals surface area (Å²) in [7, 11) is 0. The van der Waals surface area contributed by atoms with E-state index in [2.05, 4.69) is 24.1 Å². The van der Waals surface area contributed by atoms with E-state index in [4.69, 9.17) is 9.52 Å². The van der Waals surface area contributed by atoms with Gasteiger partial charge in [0.25, 0.3) is 5.91 Å². The highest BCUT2D eigenvalue weighted by Gasteiger charge is 2.14. The second-order valence-corrected chi connectivity index (χ2v) is 4.14. The molecule has 0 atom stereocenters. The minimum Gasteiger partial charge on any atom is -0.478 e. The van der Waals surface area contributed by atoms with Crippen LogP contribution in [0.25, 0.3) is 0 Å². The number of hydrogen-bond donors (Lipinski definition) is 2. The van der Waals surface area contributed by atoms with Gasteiger partial charge < -0.3 is 19.7 Å². The highest BCUT2D eigenvalue weighted by atomic mass is 16.4. The molecule has 1 rings (SSSR count). The molecular weight excluding hydrogens is 248 g/mol. The predicted molar refractivity (Wildman–Crippen MR) is 70.4 cm³/mol. The molecule has 106 valence electrons. The van der Waals surface area contributed by atoms with Crippen LogP contribution in [0.4, 0.5) is 0 Å². The van der Waals surface area contributed by atoms with Gasteiger partial charge in [-0.1, -0.05) is 13.8 Å². The second kappa shape index (κ2) is 7.58. The van der Waals surface area contributed by atoms with E-state index in [0.29, 0.717) is 6.54 Å². The lowest BCUT2D eigenvalue weighted by molar-refractivity contribution is 0.0696. The van der Waals surface area contributed by atoms with Crippen LogP contribution >= 0.6 is 0 Å². The van der Waals surface area contributed by atoms with E-state index in [1.165, 1.54) is 6.07 Å². The minimum absolute atomic E-state index is 0.0201. The maximum absolute atomic E-state index is 11.7. The molecule has 1 aromatic rings. The Kier molecular flexibility index (Phi) is 6.08. The number of carbonyl (C=O) groups excluding carboxylic acids is 1. The van der Waals surface area contributed by atoms with Crippen molar-refractivity contribution in [2.24, 2.45) is 0 Å². The molecule has 0 fully saturated rings.